The molecule has 0 bridgehead atoms. The van der Waals surface area contributed by atoms with Crippen LogP contribution < -0.4 is 0 Å². The normalized spacial score (nSPS) is 18.3. The zero-order chi connectivity index (χ0) is 10.3. The van der Waals surface area contributed by atoms with Crippen LogP contribution in [0.5, 0.6) is 0 Å². The average molecular weight is 259 g/mol. The molecule has 1 aromatic carbocycles. The van der Waals surface area contributed by atoms with Crippen LogP contribution in [0.25, 0.3) is 0 Å². The molecule has 0 amide bonds. The van der Waals surface area contributed by atoms with E-state index in [-0.39, 0.29) is 5.82 Å². The minimum absolute atomic E-state index is 0.240. The SMILES string of the molecule is Cc1cc(Br)c(F)c(CC2(O)CC2)c1. The molecule has 1 aliphatic rings. The molecule has 2 rings (SSSR count). The maximum atomic E-state index is 13.6. The van der Waals surface area contributed by atoms with E-state index < -0.39 is 5.60 Å². The van der Waals surface area contributed by atoms with Crippen molar-refractivity contribution in [2.45, 2.75) is 31.8 Å². The summed E-state index contributed by atoms with van der Waals surface area (Å²) >= 11 is 3.17. The number of hydrogen-bond donors (Lipinski definition) is 1. The topological polar surface area (TPSA) is 20.2 Å². The summed E-state index contributed by atoms with van der Waals surface area (Å²) in [6.45, 7) is 1.92. The van der Waals surface area contributed by atoms with Crippen LogP contribution >= 0.6 is 15.9 Å². The molecule has 0 saturated heterocycles. The first kappa shape index (κ1) is 10.1. The van der Waals surface area contributed by atoms with E-state index in [4.69, 9.17) is 0 Å². The Kier molecular flexibility index (Phi) is 2.40. The van der Waals surface area contributed by atoms with Crippen molar-refractivity contribution in [3.63, 3.8) is 0 Å². The fourth-order valence-corrected chi connectivity index (χ4v) is 2.22. The van der Waals surface area contributed by atoms with E-state index in [9.17, 15) is 9.50 Å². The molecular formula is C11H12BrFO. The van der Waals surface area contributed by atoms with Gasteiger partial charge in [0.1, 0.15) is 5.82 Å². The molecule has 0 aromatic heterocycles. The van der Waals surface area contributed by atoms with Gasteiger partial charge in [-0.25, -0.2) is 4.39 Å². The number of benzene rings is 1. The van der Waals surface area contributed by atoms with E-state index in [2.05, 4.69) is 15.9 Å². The van der Waals surface area contributed by atoms with Crippen molar-refractivity contribution in [1.82, 2.24) is 0 Å². The quantitative estimate of drug-likeness (QED) is 0.865. The fourth-order valence-electron chi connectivity index (χ4n) is 1.60. The number of aryl methyl sites for hydroxylation is 1. The Balaban J connectivity index is 2.32. The van der Waals surface area contributed by atoms with Gasteiger partial charge in [0, 0.05) is 6.42 Å². The lowest BCUT2D eigenvalue weighted by Gasteiger charge is -2.10. The highest BCUT2D eigenvalue weighted by molar-refractivity contribution is 9.10. The molecule has 0 radical (unpaired) electrons. The summed E-state index contributed by atoms with van der Waals surface area (Å²) < 4.78 is 14.1. The summed E-state index contributed by atoms with van der Waals surface area (Å²) in [6.07, 6.45) is 2.01. The first-order valence-corrected chi connectivity index (χ1v) is 5.46. The Morgan fingerprint density at radius 1 is 1.50 bits per heavy atom. The van der Waals surface area contributed by atoms with Crippen LogP contribution in [0.15, 0.2) is 16.6 Å². The maximum Gasteiger partial charge on any atom is 0.140 e. The molecule has 0 aliphatic heterocycles. The van der Waals surface area contributed by atoms with E-state index in [1.54, 1.807) is 12.1 Å². The molecule has 1 N–H and O–H groups in total. The third-order valence-corrected chi connectivity index (χ3v) is 3.17. The molecule has 0 unspecified atom stereocenters. The highest BCUT2D eigenvalue weighted by atomic mass is 79.9. The van der Waals surface area contributed by atoms with Gasteiger partial charge in [-0.3, -0.25) is 0 Å². The van der Waals surface area contributed by atoms with Gasteiger partial charge in [0.25, 0.3) is 0 Å². The third kappa shape index (κ3) is 1.98. The third-order valence-electron chi connectivity index (χ3n) is 2.59. The molecule has 1 aliphatic carbocycles. The fraction of sp³-hybridized carbons (Fsp3) is 0.455. The van der Waals surface area contributed by atoms with Crippen molar-refractivity contribution in [2.24, 2.45) is 0 Å². The molecule has 76 valence electrons. The molecule has 0 atom stereocenters. The second kappa shape index (κ2) is 3.31. The number of hydrogen-bond acceptors (Lipinski definition) is 1. The Bertz CT molecular complexity index is 372. The van der Waals surface area contributed by atoms with Crippen molar-refractivity contribution < 1.29 is 9.50 Å². The lowest BCUT2D eigenvalue weighted by molar-refractivity contribution is 0.149. The smallest absolute Gasteiger partial charge is 0.140 e. The van der Waals surface area contributed by atoms with Crippen molar-refractivity contribution in [3.05, 3.63) is 33.5 Å². The lowest BCUT2D eigenvalue weighted by Crippen LogP contribution is -2.12. The molecule has 1 fully saturated rings. The highest BCUT2D eigenvalue weighted by Crippen LogP contribution is 2.39. The Morgan fingerprint density at radius 3 is 2.71 bits per heavy atom. The second-order valence-electron chi connectivity index (χ2n) is 4.12. The summed E-state index contributed by atoms with van der Waals surface area (Å²) in [5.41, 5.74) is 0.989. The van der Waals surface area contributed by atoms with Crippen molar-refractivity contribution in [1.29, 1.82) is 0 Å². The van der Waals surface area contributed by atoms with Gasteiger partial charge in [0.15, 0.2) is 0 Å². The van der Waals surface area contributed by atoms with Crippen LogP contribution in [0.4, 0.5) is 4.39 Å². The van der Waals surface area contributed by atoms with Crippen molar-refractivity contribution in [3.8, 4) is 0 Å². The van der Waals surface area contributed by atoms with E-state index in [0.717, 1.165) is 18.4 Å². The standard InChI is InChI=1S/C11H12BrFO/c1-7-4-8(6-11(14)2-3-11)10(13)9(12)5-7/h4-5,14H,2-3,6H2,1H3. The molecule has 0 heterocycles. The Morgan fingerprint density at radius 2 is 2.14 bits per heavy atom. The van der Waals surface area contributed by atoms with Crippen LogP contribution in [0, 0.1) is 12.7 Å². The van der Waals surface area contributed by atoms with Gasteiger partial charge in [-0.2, -0.15) is 0 Å². The first-order valence-electron chi connectivity index (χ1n) is 4.67. The van der Waals surface area contributed by atoms with Crippen molar-refractivity contribution >= 4 is 15.9 Å². The van der Waals surface area contributed by atoms with Crippen LogP contribution in [0.1, 0.15) is 24.0 Å². The summed E-state index contributed by atoms with van der Waals surface area (Å²) in [7, 11) is 0. The van der Waals surface area contributed by atoms with E-state index in [0.29, 0.717) is 16.5 Å². The van der Waals surface area contributed by atoms with Gasteiger partial charge in [0.05, 0.1) is 10.1 Å². The molecule has 1 saturated carbocycles. The molecule has 14 heavy (non-hydrogen) atoms. The van der Waals surface area contributed by atoms with Gasteiger partial charge in [-0.15, -0.1) is 0 Å². The maximum absolute atomic E-state index is 13.6. The monoisotopic (exact) mass is 258 g/mol. The van der Waals surface area contributed by atoms with Gasteiger partial charge >= 0.3 is 0 Å². The second-order valence-corrected chi connectivity index (χ2v) is 4.98. The molecule has 0 spiro atoms. The zero-order valence-electron chi connectivity index (χ0n) is 7.98. The highest BCUT2D eigenvalue weighted by Gasteiger charge is 2.40. The summed E-state index contributed by atoms with van der Waals surface area (Å²) in [5, 5.41) is 9.71. The van der Waals surface area contributed by atoms with Gasteiger partial charge < -0.3 is 5.11 Å². The van der Waals surface area contributed by atoms with Crippen LogP contribution in [0.2, 0.25) is 0 Å². The van der Waals surface area contributed by atoms with Crippen LogP contribution in [-0.2, 0) is 6.42 Å². The molecule has 1 aromatic rings. The molecule has 1 nitrogen and oxygen atoms in total. The summed E-state index contributed by atoms with van der Waals surface area (Å²) in [6, 6.07) is 3.55. The Hall–Kier alpha value is -0.410. The average Bonchev–Trinajstić information content (AvgIpc) is 2.79. The zero-order valence-corrected chi connectivity index (χ0v) is 9.57. The summed E-state index contributed by atoms with van der Waals surface area (Å²) in [5.74, 6) is -0.240. The predicted molar refractivity (Wildman–Crippen MR) is 56.7 cm³/mol. The minimum atomic E-state index is -0.631. The van der Waals surface area contributed by atoms with E-state index in [1.807, 2.05) is 6.92 Å². The molecule has 3 heteroatoms. The number of aliphatic hydroxyl groups is 1. The summed E-state index contributed by atoms with van der Waals surface area (Å²) in [4.78, 5) is 0. The van der Waals surface area contributed by atoms with E-state index >= 15 is 0 Å². The van der Waals surface area contributed by atoms with Gasteiger partial charge in [-0.05, 0) is 52.9 Å². The number of rotatable bonds is 2. The Labute approximate surface area is 91.1 Å². The van der Waals surface area contributed by atoms with Gasteiger partial charge in [-0.1, -0.05) is 6.07 Å². The van der Waals surface area contributed by atoms with Crippen LogP contribution in [-0.4, -0.2) is 10.7 Å². The largest absolute Gasteiger partial charge is 0.390 e. The van der Waals surface area contributed by atoms with Gasteiger partial charge in [0.2, 0.25) is 0 Å². The van der Waals surface area contributed by atoms with Crippen LogP contribution in [0.3, 0.4) is 0 Å². The predicted octanol–water partition coefficient (Wildman–Crippen LogP) is 2.96. The first-order chi connectivity index (χ1) is 6.50. The lowest BCUT2D eigenvalue weighted by atomic mass is 10.0. The van der Waals surface area contributed by atoms with E-state index in [1.165, 1.54) is 0 Å². The number of halogens is 2. The minimum Gasteiger partial charge on any atom is -0.390 e. The van der Waals surface area contributed by atoms with Crippen molar-refractivity contribution in [2.75, 3.05) is 0 Å². The molecular weight excluding hydrogens is 247 g/mol.